The van der Waals surface area contributed by atoms with Crippen LogP contribution in [0.1, 0.15) is 13.3 Å². The first-order valence-corrected chi connectivity index (χ1v) is 4.91. The molecule has 4 heteroatoms. The van der Waals surface area contributed by atoms with Gasteiger partial charge in [0.1, 0.15) is 0 Å². The van der Waals surface area contributed by atoms with Crippen molar-refractivity contribution in [2.24, 2.45) is 5.92 Å². The number of piperidine rings is 1. The fourth-order valence-electron chi connectivity index (χ4n) is 2.40. The van der Waals surface area contributed by atoms with Crippen molar-refractivity contribution in [2.45, 2.75) is 18.9 Å². The van der Waals surface area contributed by atoms with Crippen LogP contribution >= 0.6 is 0 Å². The zero-order valence-corrected chi connectivity index (χ0v) is 8.35. The third-order valence-corrected chi connectivity index (χ3v) is 3.42. The second kappa shape index (κ2) is 2.87. The Balaban J connectivity index is 2.10. The fourth-order valence-corrected chi connectivity index (χ4v) is 2.40. The number of guanidine groups is 1. The lowest BCUT2D eigenvalue weighted by atomic mass is 9.80. The van der Waals surface area contributed by atoms with E-state index in [0.29, 0.717) is 11.9 Å². The first kappa shape index (κ1) is 8.81. The Morgan fingerprint density at radius 2 is 2.38 bits per heavy atom. The molecule has 2 atom stereocenters. The van der Waals surface area contributed by atoms with Gasteiger partial charge >= 0.3 is 0 Å². The number of hydrogen-bond acceptors (Lipinski definition) is 2. The molecule has 0 aromatic heterocycles. The Hall–Kier alpha value is -0.770. The number of nitrogens with zero attached hydrogens (tertiary/aromatic N) is 1. The molecule has 0 aromatic carbocycles. The monoisotopic (exact) mass is 182 g/mol. The van der Waals surface area contributed by atoms with Gasteiger partial charge in [0.05, 0.1) is 5.54 Å². The van der Waals surface area contributed by atoms with E-state index in [1.54, 1.807) is 0 Å². The summed E-state index contributed by atoms with van der Waals surface area (Å²) in [5, 5.41) is 13.9. The van der Waals surface area contributed by atoms with E-state index in [2.05, 4.69) is 29.5 Å². The molecule has 13 heavy (non-hydrogen) atoms. The standard InChI is InChI=1S/C9H18N4/c1-7-5-13(2)4-3-9(7)6-11-8(10)12-9/h7H,3-6H2,1-2H3,(H3,10,11,12). The van der Waals surface area contributed by atoms with Crippen molar-refractivity contribution in [1.82, 2.24) is 15.5 Å². The molecule has 4 nitrogen and oxygen atoms in total. The topological polar surface area (TPSA) is 51.2 Å². The van der Waals surface area contributed by atoms with Crippen molar-refractivity contribution in [2.75, 3.05) is 26.7 Å². The zero-order chi connectivity index (χ0) is 9.47. The highest BCUT2D eigenvalue weighted by atomic mass is 15.3. The number of hydrogen-bond donors (Lipinski definition) is 3. The van der Waals surface area contributed by atoms with Gasteiger partial charge in [0.25, 0.3) is 0 Å². The van der Waals surface area contributed by atoms with Crippen LogP contribution in [0.25, 0.3) is 0 Å². The second-order valence-corrected chi connectivity index (χ2v) is 4.42. The van der Waals surface area contributed by atoms with Gasteiger partial charge < -0.3 is 15.5 Å². The Labute approximate surface area is 79.2 Å². The summed E-state index contributed by atoms with van der Waals surface area (Å²) in [6, 6.07) is 0. The highest BCUT2D eigenvalue weighted by molar-refractivity contribution is 5.80. The molecule has 2 rings (SSSR count). The predicted molar refractivity (Wildman–Crippen MR) is 52.9 cm³/mol. The summed E-state index contributed by atoms with van der Waals surface area (Å²) in [6.07, 6.45) is 1.14. The molecule has 2 aliphatic rings. The molecule has 0 radical (unpaired) electrons. The molecule has 2 heterocycles. The molecular formula is C9H18N4. The predicted octanol–water partition coefficient (Wildman–Crippen LogP) is -0.176. The summed E-state index contributed by atoms with van der Waals surface area (Å²) in [5.74, 6) is 1.11. The van der Waals surface area contributed by atoms with Gasteiger partial charge in [-0.15, -0.1) is 0 Å². The number of nitrogens with one attached hydrogen (secondary N) is 3. The Kier molecular flexibility index (Phi) is 1.95. The fraction of sp³-hybridized carbons (Fsp3) is 0.889. The van der Waals surface area contributed by atoms with Gasteiger partial charge in [-0.25, -0.2) is 0 Å². The highest BCUT2D eigenvalue weighted by Crippen LogP contribution is 2.28. The maximum atomic E-state index is 7.51. The van der Waals surface area contributed by atoms with Gasteiger partial charge in [-0.05, 0) is 19.4 Å². The molecule has 0 aliphatic carbocycles. The molecule has 0 aromatic rings. The minimum atomic E-state index is 0.156. The number of rotatable bonds is 0. The van der Waals surface area contributed by atoms with Gasteiger partial charge in [-0.2, -0.15) is 0 Å². The molecule has 74 valence electrons. The van der Waals surface area contributed by atoms with Crippen molar-refractivity contribution >= 4 is 5.96 Å². The first-order valence-electron chi connectivity index (χ1n) is 4.91. The van der Waals surface area contributed by atoms with Crippen LogP contribution in [0.5, 0.6) is 0 Å². The summed E-state index contributed by atoms with van der Waals surface area (Å²) in [6.45, 7) is 5.44. The average molecular weight is 182 g/mol. The first-order chi connectivity index (χ1) is 6.12. The van der Waals surface area contributed by atoms with Crippen LogP contribution in [0.4, 0.5) is 0 Å². The highest BCUT2D eigenvalue weighted by Gasteiger charge is 2.43. The minimum Gasteiger partial charge on any atom is -0.354 e. The smallest absolute Gasteiger partial charge is 0.188 e. The van der Waals surface area contributed by atoms with Crippen LogP contribution in [0.2, 0.25) is 0 Å². The van der Waals surface area contributed by atoms with Gasteiger partial charge in [0, 0.05) is 19.6 Å². The van der Waals surface area contributed by atoms with E-state index < -0.39 is 0 Å². The molecule has 2 fully saturated rings. The van der Waals surface area contributed by atoms with E-state index in [4.69, 9.17) is 5.41 Å². The Morgan fingerprint density at radius 3 is 2.92 bits per heavy atom. The minimum absolute atomic E-state index is 0.156. The molecule has 2 unspecified atom stereocenters. The third kappa shape index (κ3) is 1.39. The normalized spacial score (nSPS) is 40.5. The lowest BCUT2D eigenvalue weighted by Gasteiger charge is -2.42. The van der Waals surface area contributed by atoms with Gasteiger partial charge in [0.15, 0.2) is 5.96 Å². The SMILES string of the molecule is CC1CN(C)CCC12CNC(=N)N2. The summed E-state index contributed by atoms with van der Waals surface area (Å²) in [7, 11) is 2.16. The van der Waals surface area contributed by atoms with Crippen LogP contribution in [-0.2, 0) is 0 Å². The second-order valence-electron chi connectivity index (χ2n) is 4.42. The van der Waals surface area contributed by atoms with Crippen molar-refractivity contribution in [3.8, 4) is 0 Å². The molecule has 0 amide bonds. The van der Waals surface area contributed by atoms with Crippen LogP contribution < -0.4 is 10.6 Å². The largest absolute Gasteiger partial charge is 0.354 e. The van der Waals surface area contributed by atoms with Crippen LogP contribution in [-0.4, -0.2) is 43.1 Å². The Morgan fingerprint density at radius 1 is 1.62 bits per heavy atom. The van der Waals surface area contributed by atoms with E-state index in [0.717, 1.165) is 26.1 Å². The van der Waals surface area contributed by atoms with E-state index in [1.165, 1.54) is 0 Å². The lowest BCUT2D eigenvalue weighted by Crippen LogP contribution is -2.57. The summed E-state index contributed by atoms with van der Waals surface area (Å²) in [5.41, 5.74) is 0.156. The summed E-state index contributed by atoms with van der Waals surface area (Å²) >= 11 is 0. The van der Waals surface area contributed by atoms with E-state index in [9.17, 15) is 0 Å². The summed E-state index contributed by atoms with van der Waals surface area (Å²) in [4.78, 5) is 2.36. The van der Waals surface area contributed by atoms with Gasteiger partial charge in [-0.3, -0.25) is 5.41 Å². The molecule has 1 spiro atoms. The van der Waals surface area contributed by atoms with Crippen molar-refractivity contribution < 1.29 is 0 Å². The van der Waals surface area contributed by atoms with Crippen LogP contribution in [0.3, 0.4) is 0 Å². The summed E-state index contributed by atoms with van der Waals surface area (Å²) < 4.78 is 0. The number of likely N-dealkylation sites (tertiary alicyclic amines) is 1. The van der Waals surface area contributed by atoms with E-state index in [-0.39, 0.29) is 5.54 Å². The van der Waals surface area contributed by atoms with E-state index in [1.807, 2.05) is 0 Å². The van der Waals surface area contributed by atoms with E-state index >= 15 is 0 Å². The lowest BCUT2D eigenvalue weighted by molar-refractivity contribution is 0.123. The molecule has 3 N–H and O–H groups in total. The molecular weight excluding hydrogens is 164 g/mol. The third-order valence-electron chi connectivity index (χ3n) is 3.42. The maximum Gasteiger partial charge on any atom is 0.188 e. The van der Waals surface area contributed by atoms with Gasteiger partial charge in [-0.1, -0.05) is 6.92 Å². The molecule has 2 saturated heterocycles. The van der Waals surface area contributed by atoms with Gasteiger partial charge in [0.2, 0.25) is 0 Å². The van der Waals surface area contributed by atoms with Crippen LogP contribution in [0.15, 0.2) is 0 Å². The van der Waals surface area contributed by atoms with Crippen molar-refractivity contribution in [3.05, 3.63) is 0 Å². The maximum absolute atomic E-state index is 7.51. The average Bonchev–Trinajstić information content (AvgIpc) is 2.43. The van der Waals surface area contributed by atoms with Crippen LogP contribution in [0, 0.1) is 11.3 Å². The zero-order valence-electron chi connectivity index (χ0n) is 8.35. The van der Waals surface area contributed by atoms with Crippen molar-refractivity contribution in [1.29, 1.82) is 5.41 Å². The van der Waals surface area contributed by atoms with Crippen molar-refractivity contribution in [3.63, 3.8) is 0 Å². The molecule has 2 aliphatic heterocycles. The molecule has 0 saturated carbocycles. The quantitative estimate of drug-likeness (QED) is 0.487. The molecule has 0 bridgehead atoms. The Bertz CT molecular complexity index is 228.